The lowest BCUT2D eigenvalue weighted by Gasteiger charge is -2.25. The zero-order chi connectivity index (χ0) is 14.2. The molecule has 0 fully saturated rings. The van der Waals surface area contributed by atoms with Crippen LogP contribution in [0.3, 0.4) is 0 Å². The molecular formula is C16H19N3S. The van der Waals surface area contributed by atoms with Crippen LogP contribution in [0.4, 0.5) is 0 Å². The Labute approximate surface area is 123 Å². The van der Waals surface area contributed by atoms with Crippen molar-refractivity contribution in [2.24, 2.45) is 10.7 Å². The van der Waals surface area contributed by atoms with Gasteiger partial charge >= 0.3 is 0 Å². The van der Waals surface area contributed by atoms with E-state index in [1.165, 1.54) is 21.6 Å². The van der Waals surface area contributed by atoms with E-state index < -0.39 is 0 Å². The Balaban J connectivity index is 2.03. The monoisotopic (exact) mass is 285 g/mol. The lowest BCUT2D eigenvalue weighted by Crippen LogP contribution is -2.30. The fourth-order valence-corrected chi connectivity index (χ4v) is 3.59. The van der Waals surface area contributed by atoms with Gasteiger partial charge in [-0.25, -0.2) is 0 Å². The fraction of sp³-hybridized carbons (Fsp3) is 0.375. The van der Waals surface area contributed by atoms with Crippen molar-refractivity contribution < 1.29 is 0 Å². The van der Waals surface area contributed by atoms with Crippen LogP contribution < -0.4 is 5.73 Å². The van der Waals surface area contributed by atoms with Gasteiger partial charge in [0, 0.05) is 40.4 Å². The van der Waals surface area contributed by atoms with Gasteiger partial charge in [0.2, 0.25) is 0 Å². The zero-order valence-electron chi connectivity index (χ0n) is 11.9. The molecular weight excluding hydrogens is 266 g/mol. The maximum atomic E-state index is 5.96. The molecule has 104 valence electrons. The Morgan fingerprint density at radius 3 is 3.05 bits per heavy atom. The summed E-state index contributed by atoms with van der Waals surface area (Å²) in [5.74, 6) is 0. The smallest absolute Gasteiger partial charge is 0.0818 e. The molecule has 0 amide bonds. The number of fused-ring (bicyclic) bond motifs is 1. The van der Waals surface area contributed by atoms with Crippen LogP contribution in [-0.4, -0.2) is 17.7 Å². The summed E-state index contributed by atoms with van der Waals surface area (Å²) in [4.78, 5) is 9.99. The second-order valence-corrected chi connectivity index (χ2v) is 6.42. The highest BCUT2D eigenvalue weighted by Gasteiger charge is 2.25. The largest absolute Gasteiger partial charge is 0.330 e. The summed E-state index contributed by atoms with van der Waals surface area (Å²) in [5.41, 5.74) is 10.9. The van der Waals surface area contributed by atoms with Crippen LogP contribution in [0.15, 0.2) is 28.7 Å². The lowest BCUT2D eigenvalue weighted by atomic mass is 9.81. The highest BCUT2D eigenvalue weighted by molar-refractivity contribution is 7.13. The topological polar surface area (TPSA) is 51.3 Å². The first-order valence-electron chi connectivity index (χ1n) is 6.95. The van der Waals surface area contributed by atoms with Gasteiger partial charge < -0.3 is 5.73 Å². The molecule has 4 heteroatoms. The Morgan fingerprint density at radius 1 is 1.45 bits per heavy atom. The molecule has 0 spiro atoms. The van der Waals surface area contributed by atoms with Crippen molar-refractivity contribution in [2.45, 2.75) is 32.2 Å². The van der Waals surface area contributed by atoms with E-state index in [2.05, 4.69) is 41.3 Å². The molecule has 3 rings (SSSR count). The molecule has 0 saturated carbocycles. The Bertz CT molecular complexity index is 653. The van der Waals surface area contributed by atoms with Crippen molar-refractivity contribution in [3.8, 4) is 10.4 Å². The first kappa shape index (κ1) is 13.5. The molecule has 1 atom stereocenters. The van der Waals surface area contributed by atoms with E-state index in [1.54, 1.807) is 11.3 Å². The van der Waals surface area contributed by atoms with Gasteiger partial charge in [0.25, 0.3) is 0 Å². The van der Waals surface area contributed by atoms with Gasteiger partial charge in [-0.05, 0) is 29.5 Å². The van der Waals surface area contributed by atoms with Gasteiger partial charge in [-0.2, -0.15) is 0 Å². The number of aliphatic imine (C=N–C) groups is 1. The van der Waals surface area contributed by atoms with Gasteiger partial charge in [-0.3, -0.25) is 9.98 Å². The minimum atomic E-state index is 0.0685. The quantitative estimate of drug-likeness (QED) is 0.936. The Kier molecular flexibility index (Phi) is 3.44. The molecule has 2 aromatic heterocycles. The third kappa shape index (κ3) is 2.09. The summed E-state index contributed by atoms with van der Waals surface area (Å²) < 4.78 is 0. The number of hydrogen-bond donors (Lipinski definition) is 1. The summed E-state index contributed by atoms with van der Waals surface area (Å²) in [6, 6.07) is 4.36. The van der Waals surface area contributed by atoms with E-state index >= 15 is 0 Å². The predicted molar refractivity (Wildman–Crippen MR) is 85.5 cm³/mol. The molecule has 0 bridgehead atoms. The first-order valence-corrected chi connectivity index (χ1v) is 7.83. The summed E-state index contributed by atoms with van der Waals surface area (Å²) in [6.45, 7) is 5.81. The van der Waals surface area contributed by atoms with Crippen molar-refractivity contribution in [3.63, 3.8) is 0 Å². The second-order valence-electron chi connectivity index (χ2n) is 5.51. The van der Waals surface area contributed by atoms with E-state index in [0.717, 1.165) is 12.1 Å². The van der Waals surface area contributed by atoms with Crippen LogP contribution in [0.2, 0.25) is 0 Å². The molecule has 2 N–H and O–H groups in total. The Morgan fingerprint density at radius 2 is 2.30 bits per heavy atom. The molecule has 1 aliphatic rings. The van der Waals surface area contributed by atoms with Gasteiger partial charge in [0.1, 0.15) is 0 Å². The number of nitrogens with two attached hydrogens (primary N) is 1. The van der Waals surface area contributed by atoms with Crippen LogP contribution in [0.1, 0.15) is 37.1 Å². The minimum absolute atomic E-state index is 0.0685. The number of thiophene rings is 1. The lowest BCUT2D eigenvalue weighted by molar-refractivity contribution is 0.469. The van der Waals surface area contributed by atoms with E-state index in [-0.39, 0.29) is 5.41 Å². The summed E-state index contributed by atoms with van der Waals surface area (Å²) >= 11 is 1.78. The van der Waals surface area contributed by atoms with E-state index in [0.29, 0.717) is 13.1 Å². The summed E-state index contributed by atoms with van der Waals surface area (Å²) in [7, 11) is 0. The number of pyridine rings is 1. The number of aromatic nitrogens is 1. The second kappa shape index (κ2) is 5.11. The highest BCUT2D eigenvalue weighted by Crippen LogP contribution is 2.37. The third-order valence-corrected chi connectivity index (χ3v) is 5.29. The predicted octanol–water partition coefficient (Wildman–Crippen LogP) is 3.37. The molecule has 0 aliphatic carbocycles. The zero-order valence-corrected chi connectivity index (χ0v) is 12.7. The van der Waals surface area contributed by atoms with E-state index in [9.17, 15) is 0 Å². The van der Waals surface area contributed by atoms with Crippen LogP contribution in [-0.2, 0) is 12.0 Å². The number of hydrogen-bond acceptors (Lipinski definition) is 4. The average Bonchev–Trinajstić information content (AvgIpc) is 3.14. The molecule has 3 nitrogen and oxygen atoms in total. The van der Waals surface area contributed by atoms with Gasteiger partial charge in [0.15, 0.2) is 0 Å². The van der Waals surface area contributed by atoms with Crippen LogP contribution in [0.25, 0.3) is 10.4 Å². The molecule has 0 radical (unpaired) electrons. The van der Waals surface area contributed by atoms with Gasteiger partial charge in [-0.15, -0.1) is 11.3 Å². The molecule has 1 unspecified atom stereocenters. The van der Waals surface area contributed by atoms with Crippen LogP contribution in [0.5, 0.6) is 0 Å². The SMILES string of the molecule is CCC(C)(CN)c1csc(-c2ccnc3c2C=NC3)c1. The third-order valence-electron chi connectivity index (χ3n) is 4.33. The molecule has 1 aliphatic heterocycles. The maximum absolute atomic E-state index is 5.96. The van der Waals surface area contributed by atoms with Crippen molar-refractivity contribution in [3.05, 3.63) is 40.5 Å². The molecule has 3 heterocycles. The molecule has 0 saturated heterocycles. The number of nitrogens with zero attached hydrogens (tertiary/aromatic N) is 2. The standard InChI is InChI=1S/C16H19N3S/c1-3-16(2,10-17)11-6-15(20-9-11)12-4-5-19-14-8-18-7-13(12)14/h4-7,9H,3,8,10,17H2,1-2H3. The Hall–Kier alpha value is -1.52. The van der Waals surface area contributed by atoms with Gasteiger partial charge in [-0.1, -0.05) is 13.8 Å². The van der Waals surface area contributed by atoms with Gasteiger partial charge in [0.05, 0.1) is 12.2 Å². The molecule has 20 heavy (non-hydrogen) atoms. The van der Waals surface area contributed by atoms with Crippen LogP contribution in [0, 0.1) is 0 Å². The van der Waals surface area contributed by atoms with Crippen molar-refractivity contribution in [1.82, 2.24) is 4.98 Å². The van der Waals surface area contributed by atoms with Crippen LogP contribution >= 0.6 is 11.3 Å². The molecule has 2 aromatic rings. The highest BCUT2D eigenvalue weighted by atomic mass is 32.1. The normalized spacial score (nSPS) is 16.1. The summed E-state index contributed by atoms with van der Waals surface area (Å²) in [5, 5.41) is 2.24. The molecule has 0 aromatic carbocycles. The first-order chi connectivity index (χ1) is 9.68. The fourth-order valence-electron chi connectivity index (χ4n) is 2.49. The maximum Gasteiger partial charge on any atom is 0.0818 e. The van der Waals surface area contributed by atoms with E-state index in [4.69, 9.17) is 5.73 Å². The minimum Gasteiger partial charge on any atom is -0.330 e. The van der Waals surface area contributed by atoms with Crippen molar-refractivity contribution in [1.29, 1.82) is 0 Å². The summed E-state index contributed by atoms with van der Waals surface area (Å²) in [6.07, 6.45) is 4.87. The van der Waals surface area contributed by atoms with E-state index in [1.807, 2.05) is 12.4 Å². The van der Waals surface area contributed by atoms with Crippen molar-refractivity contribution in [2.75, 3.05) is 6.54 Å². The van der Waals surface area contributed by atoms with Crippen molar-refractivity contribution >= 4 is 17.6 Å². The average molecular weight is 285 g/mol. The number of rotatable bonds is 4.